The fourth-order valence-electron chi connectivity index (χ4n) is 2.77. The minimum absolute atomic E-state index is 0.575. The molecule has 0 aliphatic heterocycles. The van der Waals surface area contributed by atoms with E-state index in [0.717, 1.165) is 37.2 Å². The fraction of sp³-hybridized carbons (Fsp3) is 0.438. The second kappa shape index (κ2) is 5.57. The predicted octanol–water partition coefficient (Wildman–Crippen LogP) is 2.75. The Labute approximate surface area is 119 Å². The molecule has 0 bridgehead atoms. The van der Waals surface area contributed by atoms with Crippen molar-refractivity contribution in [2.45, 2.75) is 39.0 Å². The molecule has 0 fully saturated rings. The summed E-state index contributed by atoms with van der Waals surface area (Å²) in [6.45, 7) is 5.08. The molecule has 1 aliphatic carbocycles. The summed E-state index contributed by atoms with van der Waals surface area (Å²) in [6, 6.07) is 8.62. The summed E-state index contributed by atoms with van der Waals surface area (Å²) in [7, 11) is 0. The summed E-state index contributed by atoms with van der Waals surface area (Å²) in [6.07, 6.45) is 2.93. The molecule has 0 saturated heterocycles. The topological polar surface area (TPSA) is 50.7 Å². The summed E-state index contributed by atoms with van der Waals surface area (Å²) in [4.78, 5) is 4.56. The molecule has 2 aromatic rings. The second-order valence-corrected chi connectivity index (χ2v) is 5.22. The third kappa shape index (κ3) is 2.38. The van der Waals surface area contributed by atoms with Crippen LogP contribution in [0.3, 0.4) is 0 Å². The first kappa shape index (κ1) is 13.0. The number of anilines is 1. The van der Waals surface area contributed by atoms with Gasteiger partial charge in [-0.3, -0.25) is 0 Å². The fourth-order valence-corrected chi connectivity index (χ4v) is 2.77. The van der Waals surface area contributed by atoms with Gasteiger partial charge in [0, 0.05) is 12.5 Å². The molecule has 1 heterocycles. The van der Waals surface area contributed by atoms with Gasteiger partial charge in [-0.15, -0.1) is 5.10 Å². The number of nitrogens with one attached hydrogen (secondary N) is 1. The molecule has 1 atom stereocenters. The molecule has 1 unspecified atom stereocenters. The monoisotopic (exact) mass is 268 g/mol. The first-order valence-electron chi connectivity index (χ1n) is 7.36. The Morgan fingerprint density at radius 2 is 1.90 bits per heavy atom. The highest BCUT2D eigenvalue weighted by Gasteiger charge is 2.25. The van der Waals surface area contributed by atoms with Gasteiger partial charge in [0.2, 0.25) is 5.95 Å². The lowest BCUT2D eigenvalue weighted by molar-refractivity contribution is 0.631. The number of fused-ring (bicyclic) bond motifs is 1. The van der Waals surface area contributed by atoms with Crippen LogP contribution in [0.2, 0.25) is 0 Å². The maximum atomic E-state index is 4.56. The lowest BCUT2D eigenvalue weighted by atomic mass is 9.78. The Morgan fingerprint density at radius 1 is 1.10 bits per heavy atom. The van der Waals surface area contributed by atoms with Crippen molar-refractivity contribution in [2.75, 3.05) is 11.9 Å². The first-order valence-corrected chi connectivity index (χ1v) is 7.36. The van der Waals surface area contributed by atoms with E-state index in [1.54, 1.807) is 0 Å². The van der Waals surface area contributed by atoms with Crippen LogP contribution in [0, 0.1) is 0 Å². The Bertz CT molecular complexity index is 609. The van der Waals surface area contributed by atoms with Gasteiger partial charge in [-0.25, -0.2) is 4.98 Å². The van der Waals surface area contributed by atoms with Crippen LogP contribution in [-0.2, 0) is 19.3 Å². The molecule has 4 nitrogen and oxygen atoms in total. The molecular weight excluding hydrogens is 248 g/mol. The maximum absolute atomic E-state index is 4.56. The highest BCUT2D eigenvalue weighted by molar-refractivity contribution is 5.41. The third-order valence-corrected chi connectivity index (χ3v) is 3.98. The van der Waals surface area contributed by atoms with Gasteiger partial charge in [0.1, 0.15) is 0 Å². The van der Waals surface area contributed by atoms with E-state index in [1.165, 1.54) is 11.1 Å². The van der Waals surface area contributed by atoms with E-state index in [9.17, 15) is 0 Å². The van der Waals surface area contributed by atoms with E-state index < -0.39 is 0 Å². The van der Waals surface area contributed by atoms with Crippen LogP contribution in [-0.4, -0.2) is 21.7 Å². The molecule has 20 heavy (non-hydrogen) atoms. The summed E-state index contributed by atoms with van der Waals surface area (Å²) in [5.41, 5.74) is 4.98. The van der Waals surface area contributed by atoms with Gasteiger partial charge in [0.05, 0.1) is 11.4 Å². The van der Waals surface area contributed by atoms with E-state index in [1.807, 2.05) is 0 Å². The number of benzene rings is 1. The molecule has 0 spiro atoms. The van der Waals surface area contributed by atoms with Crippen LogP contribution in [0.25, 0.3) is 0 Å². The molecule has 1 aliphatic rings. The van der Waals surface area contributed by atoms with Crippen molar-refractivity contribution < 1.29 is 0 Å². The van der Waals surface area contributed by atoms with Gasteiger partial charge >= 0.3 is 0 Å². The van der Waals surface area contributed by atoms with Gasteiger partial charge in [-0.2, -0.15) is 5.10 Å². The van der Waals surface area contributed by atoms with Gasteiger partial charge in [0.15, 0.2) is 0 Å². The molecule has 0 radical (unpaired) electrons. The van der Waals surface area contributed by atoms with Crippen LogP contribution < -0.4 is 5.32 Å². The lowest BCUT2D eigenvalue weighted by Crippen LogP contribution is -2.25. The number of hydrogen-bond donors (Lipinski definition) is 1. The van der Waals surface area contributed by atoms with Crippen molar-refractivity contribution >= 4 is 5.95 Å². The quantitative estimate of drug-likeness (QED) is 0.906. The number of aryl methyl sites for hydroxylation is 2. The average molecular weight is 268 g/mol. The summed E-state index contributed by atoms with van der Waals surface area (Å²) < 4.78 is 0. The van der Waals surface area contributed by atoms with E-state index >= 15 is 0 Å². The molecule has 3 rings (SSSR count). The van der Waals surface area contributed by atoms with Crippen LogP contribution in [0.5, 0.6) is 0 Å². The smallest absolute Gasteiger partial charge is 0.242 e. The first-order chi connectivity index (χ1) is 9.81. The maximum Gasteiger partial charge on any atom is 0.242 e. The molecule has 1 aromatic heterocycles. The van der Waals surface area contributed by atoms with Gasteiger partial charge in [0.25, 0.3) is 0 Å². The molecule has 104 valence electrons. The molecule has 1 aromatic carbocycles. The molecule has 0 saturated carbocycles. The Hall–Kier alpha value is -1.97. The molecule has 4 heteroatoms. The number of rotatable bonds is 5. The minimum Gasteiger partial charge on any atom is -0.352 e. The largest absolute Gasteiger partial charge is 0.352 e. The van der Waals surface area contributed by atoms with E-state index in [2.05, 4.69) is 58.6 Å². The van der Waals surface area contributed by atoms with Crippen LogP contribution in [0.1, 0.15) is 42.3 Å². The number of hydrogen-bond acceptors (Lipinski definition) is 4. The molecular formula is C16H20N4. The van der Waals surface area contributed by atoms with Gasteiger partial charge in [-0.1, -0.05) is 38.1 Å². The minimum atomic E-state index is 0.575. The van der Waals surface area contributed by atoms with Crippen LogP contribution >= 0.6 is 0 Å². The Morgan fingerprint density at radius 3 is 2.65 bits per heavy atom. The SMILES string of the molecule is CCc1nnc(NCC2Cc3ccccc32)nc1CC. The van der Waals surface area contributed by atoms with Crippen molar-refractivity contribution in [3.8, 4) is 0 Å². The van der Waals surface area contributed by atoms with Crippen molar-refractivity contribution in [3.63, 3.8) is 0 Å². The lowest BCUT2D eigenvalue weighted by Gasteiger charge is -2.30. The summed E-state index contributed by atoms with van der Waals surface area (Å²) in [5, 5.41) is 11.8. The Kier molecular flexibility index (Phi) is 3.63. The average Bonchev–Trinajstić information content (AvgIpc) is 2.48. The van der Waals surface area contributed by atoms with Crippen LogP contribution in [0.15, 0.2) is 24.3 Å². The zero-order valence-electron chi connectivity index (χ0n) is 12.1. The highest BCUT2D eigenvalue weighted by Crippen LogP contribution is 2.34. The Balaban J connectivity index is 1.65. The normalized spacial score (nSPS) is 16.4. The van der Waals surface area contributed by atoms with E-state index in [0.29, 0.717) is 11.9 Å². The van der Waals surface area contributed by atoms with E-state index in [-0.39, 0.29) is 0 Å². The van der Waals surface area contributed by atoms with Crippen molar-refractivity contribution in [2.24, 2.45) is 0 Å². The summed E-state index contributed by atoms with van der Waals surface area (Å²) in [5.74, 6) is 1.23. The van der Waals surface area contributed by atoms with Crippen LogP contribution in [0.4, 0.5) is 5.95 Å². The number of nitrogens with zero attached hydrogens (tertiary/aromatic N) is 3. The zero-order valence-corrected chi connectivity index (χ0v) is 12.1. The second-order valence-electron chi connectivity index (χ2n) is 5.22. The van der Waals surface area contributed by atoms with Crippen molar-refractivity contribution in [1.29, 1.82) is 0 Å². The van der Waals surface area contributed by atoms with Crippen molar-refractivity contribution in [1.82, 2.24) is 15.2 Å². The number of aromatic nitrogens is 3. The summed E-state index contributed by atoms with van der Waals surface area (Å²) >= 11 is 0. The van der Waals surface area contributed by atoms with Crippen molar-refractivity contribution in [3.05, 3.63) is 46.8 Å². The van der Waals surface area contributed by atoms with E-state index in [4.69, 9.17) is 0 Å². The zero-order chi connectivity index (χ0) is 13.9. The third-order valence-electron chi connectivity index (χ3n) is 3.98. The predicted molar refractivity (Wildman–Crippen MR) is 80.0 cm³/mol. The highest BCUT2D eigenvalue weighted by atomic mass is 15.2. The van der Waals surface area contributed by atoms with Gasteiger partial charge < -0.3 is 5.32 Å². The molecule has 0 amide bonds. The standard InChI is InChI=1S/C16H20N4/c1-3-14-15(4-2)19-20-16(18-14)17-10-12-9-11-7-5-6-8-13(11)12/h5-8,12H,3-4,9-10H2,1-2H3,(H,17,18,20). The molecule has 1 N–H and O–H groups in total. The van der Waals surface area contributed by atoms with Gasteiger partial charge in [-0.05, 0) is 30.4 Å².